The highest BCUT2D eigenvalue weighted by Gasteiger charge is 2.38. The van der Waals surface area contributed by atoms with Gasteiger partial charge in [-0.25, -0.2) is 0 Å². The van der Waals surface area contributed by atoms with Gasteiger partial charge in [-0.15, -0.1) is 0 Å². The lowest BCUT2D eigenvalue weighted by atomic mass is 9.92. The molecular weight excluding hydrogens is 256 g/mol. The molecule has 0 spiro atoms. The molecule has 2 heterocycles. The van der Waals surface area contributed by atoms with Gasteiger partial charge < -0.3 is 14.6 Å². The summed E-state index contributed by atoms with van der Waals surface area (Å²) in [5, 5.41) is 8.91. The Morgan fingerprint density at radius 3 is 2.85 bits per heavy atom. The third-order valence-corrected chi connectivity index (χ3v) is 4.61. The van der Waals surface area contributed by atoms with E-state index in [0.717, 1.165) is 19.4 Å². The van der Waals surface area contributed by atoms with Crippen molar-refractivity contribution in [1.29, 1.82) is 0 Å². The zero-order valence-corrected chi connectivity index (χ0v) is 11.5. The molecule has 3 rings (SSSR count). The molecule has 1 amide bonds. The molecule has 5 heteroatoms. The van der Waals surface area contributed by atoms with Crippen LogP contribution in [0.15, 0.2) is 18.3 Å². The minimum absolute atomic E-state index is 0.00662. The summed E-state index contributed by atoms with van der Waals surface area (Å²) in [5.41, 5.74) is 0.500. The average molecular weight is 276 g/mol. The first-order chi connectivity index (χ1) is 9.66. The van der Waals surface area contributed by atoms with Crippen molar-refractivity contribution in [1.82, 2.24) is 9.47 Å². The molecule has 1 aromatic heterocycles. The summed E-state index contributed by atoms with van der Waals surface area (Å²) in [4.78, 5) is 25.6. The summed E-state index contributed by atoms with van der Waals surface area (Å²) < 4.78 is 1.53. The number of nitrogens with zero attached hydrogens (tertiary/aromatic N) is 2. The smallest absolute Gasteiger partial charge is 0.323 e. The summed E-state index contributed by atoms with van der Waals surface area (Å²) in [6, 6.07) is 3.83. The predicted molar refractivity (Wildman–Crippen MR) is 73.5 cm³/mol. The molecular formula is C15H20N2O3. The molecule has 1 saturated heterocycles. The first-order valence-electron chi connectivity index (χ1n) is 7.34. The minimum Gasteiger partial charge on any atom is -0.480 e. The standard InChI is InChI=1S/C15H20N2O3/c18-14(19)10-16-8-3-7-13(16)15(20)17-9-2-5-11-4-1-6-12(11)17/h3,7-8,11-12H,1-2,4-6,9-10H2,(H,18,19). The van der Waals surface area contributed by atoms with Gasteiger partial charge in [-0.3, -0.25) is 9.59 Å². The number of carboxylic acids is 1. The topological polar surface area (TPSA) is 62.5 Å². The average Bonchev–Trinajstić information content (AvgIpc) is 3.05. The van der Waals surface area contributed by atoms with Gasteiger partial charge >= 0.3 is 5.97 Å². The highest BCUT2D eigenvalue weighted by molar-refractivity contribution is 5.93. The van der Waals surface area contributed by atoms with E-state index >= 15 is 0 Å². The Morgan fingerprint density at radius 1 is 1.25 bits per heavy atom. The SMILES string of the molecule is O=C(O)Cn1cccc1C(=O)N1CCCC2CCCC21. The number of rotatable bonds is 3. The van der Waals surface area contributed by atoms with Crippen molar-refractivity contribution in [3.8, 4) is 0 Å². The number of likely N-dealkylation sites (tertiary alicyclic amines) is 1. The Labute approximate surface area is 118 Å². The van der Waals surface area contributed by atoms with Gasteiger partial charge in [0.1, 0.15) is 12.2 Å². The normalized spacial score (nSPS) is 25.5. The van der Waals surface area contributed by atoms with Crippen LogP contribution in [0.25, 0.3) is 0 Å². The van der Waals surface area contributed by atoms with Crippen molar-refractivity contribution in [3.05, 3.63) is 24.0 Å². The number of carbonyl (C=O) groups excluding carboxylic acids is 1. The van der Waals surface area contributed by atoms with Crippen molar-refractivity contribution in [3.63, 3.8) is 0 Å². The van der Waals surface area contributed by atoms with E-state index in [9.17, 15) is 9.59 Å². The van der Waals surface area contributed by atoms with Crippen LogP contribution < -0.4 is 0 Å². The molecule has 0 radical (unpaired) electrons. The van der Waals surface area contributed by atoms with Crippen molar-refractivity contribution < 1.29 is 14.7 Å². The van der Waals surface area contributed by atoms with E-state index in [4.69, 9.17) is 5.11 Å². The molecule has 20 heavy (non-hydrogen) atoms. The first kappa shape index (κ1) is 13.2. The maximum absolute atomic E-state index is 12.7. The van der Waals surface area contributed by atoms with E-state index in [1.807, 2.05) is 4.90 Å². The van der Waals surface area contributed by atoms with Crippen LogP contribution in [-0.2, 0) is 11.3 Å². The van der Waals surface area contributed by atoms with Gasteiger partial charge in [0.2, 0.25) is 0 Å². The molecule has 1 aromatic rings. The molecule has 0 bridgehead atoms. The summed E-state index contributed by atoms with van der Waals surface area (Å²) in [5.74, 6) is -0.281. The van der Waals surface area contributed by atoms with E-state index in [-0.39, 0.29) is 12.5 Å². The second-order valence-corrected chi connectivity index (χ2v) is 5.81. The number of fused-ring (bicyclic) bond motifs is 1. The number of aliphatic carboxylic acids is 1. The Bertz CT molecular complexity index is 523. The van der Waals surface area contributed by atoms with Crippen LogP contribution in [0.4, 0.5) is 0 Å². The van der Waals surface area contributed by atoms with Crippen LogP contribution in [0, 0.1) is 5.92 Å². The Morgan fingerprint density at radius 2 is 2.05 bits per heavy atom. The van der Waals surface area contributed by atoms with Gasteiger partial charge in [-0.05, 0) is 43.7 Å². The van der Waals surface area contributed by atoms with Crippen LogP contribution in [0.3, 0.4) is 0 Å². The van der Waals surface area contributed by atoms with Crippen LogP contribution in [0.2, 0.25) is 0 Å². The van der Waals surface area contributed by atoms with Gasteiger partial charge in [0.05, 0.1) is 0 Å². The number of carboxylic acid groups (broad SMARTS) is 1. The van der Waals surface area contributed by atoms with Gasteiger partial charge in [0.25, 0.3) is 5.91 Å². The molecule has 1 N–H and O–H groups in total. The second kappa shape index (κ2) is 5.31. The van der Waals surface area contributed by atoms with Gasteiger partial charge in [0, 0.05) is 18.8 Å². The summed E-state index contributed by atoms with van der Waals surface area (Å²) >= 11 is 0. The number of carbonyl (C=O) groups is 2. The van der Waals surface area contributed by atoms with Crippen molar-refractivity contribution in [2.45, 2.75) is 44.7 Å². The van der Waals surface area contributed by atoms with E-state index < -0.39 is 5.97 Å². The highest BCUT2D eigenvalue weighted by atomic mass is 16.4. The molecule has 1 saturated carbocycles. The van der Waals surface area contributed by atoms with Crippen LogP contribution in [0.1, 0.15) is 42.6 Å². The Hall–Kier alpha value is -1.78. The third-order valence-electron chi connectivity index (χ3n) is 4.61. The fraction of sp³-hybridized carbons (Fsp3) is 0.600. The molecule has 2 aliphatic rings. The van der Waals surface area contributed by atoms with Crippen LogP contribution >= 0.6 is 0 Å². The quantitative estimate of drug-likeness (QED) is 0.918. The van der Waals surface area contributed by atoms with Gasteiger partial charge in [-0.2, -0.15) is 0 Å². The zero-order chi connectivity index (χ0) is 14.1. The molecule has 1 aliphatic heterocycles. The van der Waals surface area contributed by atoms with E-state index in [0.29, 0.717) is 17.7 Å². The molecule has 5 nitrogen and oxygen atoms in total. The lowest BCUT2D eigenvalue weighted by molar-refractivity contribution is -0.137. The minimum atomic E-state index is -0.923. The second-order valence-electron chi connectivity index (χ2n) is 5.81. The largest absolute Gasteiger partial charge is 0.480 e. The van der Waals surface area contributed by atoms with Crippen molar-refractivity contribution in [2.75, 3.05) is 6.54 Å². The Kier molecular flexibility index (Phi) is 3.51. The number of hydrogen-bond acceptors (Lipinski definition) is 2. The zero-order valence-electron chi connectivity index (χ0n) is 11.5. The first-order valence-corrected chi connectivity index (χ1v) is 7.34. The lowest BCUT2D eigenvalue weighted by Crippen LogP contribution is -2.46. The maximum Gasteiger partial charge on any atom is 0.323 e. The molecule has 2 fully saturated rings. The van der Waals surface area contributed by atoms with E-state index in [1.165, 1.54) is 23.8 Å². The number of aromatic nitrogens is 1. The molecule has 2 atom stereocenters. The predicted octanol–water partition coefficient (Wildman–Crippen LogP) is 1.98. The monoisotopic (exact) mass is 276 g/mol. The molecule has 0 aromatic carbocycles. The maximum atomic E-state index is 12.7. The van der Waals surface area contributed by atoms with Crippen molar-refractivity contribution >= 4 is 11.9 Å². The molecule has 108 valence electrons. The summed E-state index contributed by atoms with van der Waals surface area (Å²) in [6.45, 7) is 0.647. The van der Waals surface area contributed by atoms with Crippen molar-refractivity contribution in [2.24, 2.45) is 5.92 Å². The van der Waals surface area contributed by atoms with Crippen LogP contribution in [0.5, 0.6) is 0 Å². The van der Waals surface area contributed by atoms with E-state index in [2.05, 4.69) is 0 Å². The molecule has 2 unspecified atom stereocenters. The van der Waals surface area contributed by atoms with Gasteiger partial charge in [-0.1, -0.05) is 6.42 Å². The summed E-state index contributed by atoms with van der Waals surface area (Å²) in [7, 11) is 0. The number of hydrogen-bond donors (Lipinski definition) is 1. The fourth-order valence-electron chi connectivity index (χ4n) is 3.75. The third kappa shape index (κ3) is 2.32. The van der Waals surface area contributed by atoms with E-state index in [1.54, 1.807) is 18.3 Å². The number of amides is 1. The Balaban J connectivity index is 1.81. The number of piperidine rings is 1. The highest BCUT2D eigenvalue weighted by Crippen LogP contribution is 2.37. The summed E-state index contributed by atoms with van der Waals surface area (Å²) in [6.07, 6.45) is 7.48. The molecule has 1 aliphatic carbocycles. The van der Waals surface area contributed by atoms with Crippen LogP contribution in [-0.4, -0.2) is 39.0 Å². The fourth-order valence-corrected chi connectivity index (χ4v) is 3.75. The van der Waals surface area contributed by atoms with Gasteiger partial charge in [0.15, 0.2) is 0 Å². The lowest BCUT2D eigenvalue weighted by Gasteiger charge is -2.37.